The Morgan fingerprint density at radius 1 is 1.33 bits per heavy atom. The maximum atomic E-state index is 12.1. The molecule has 2 fully saturated rings. The Kier molecular flexibility index (Phi) is 4.69. The molecule has 1 atom stereocenters. The maximum Gasteiger partial charge on any atom is 0.317 e. The molecule has 2 amide bonds. The molecule has 21 heavy (non-hydrogen) atoms. The number of nitrogens with one attached hydrogen (secondary N) is 1. The topological polar surface area (TPSA) is 95.9 Å². The summed E-state index contributed by atoms with van der Waals surface area (Å²) in [6, 6.07) is -0.295. The summed E-state index contributed by atoms with van der Waals surface area (Å²) in [5.74, 6) is -1.43. The minimum absolute atomic E-state index is 0.153. The van der Waals surface area contributed by atoms with Gasteiger partial charge in [-0.2, -0.15) is 0 Å². The summed E-state index contributed by atoms with van der Waals surface area (Å²) in [5.41, 5.74) is -0.798. The number of ether oxygens (including phenoxy) is 1. The molecule has 1 unspecified atom stereocenters. The van der Waals surface area contributed by atoms with Crippen LogP contribution < -0.4 is 5.32 Å². The van der Waals surface area contributed by atoms with Crippen LogP contribution in [0.25, 0.3) is 0 Å². The van der Waals surface area contributed by atoms with E-state index in [0.717, 1.165) is 19.3 Å². The third-order valence-corrected chi connectivity index (χ3v) is 4.59. The van der Waals surface area contributed by atoms with E-state index in [1.807, 2.05) is 0 Å². The summed E-state index contributed by atoms with van der Waals surface area (Å²) < 4.78 is 4.71. The van der Waals surface area contributed by atoms with Crippen molar-refractivity contribution in [1.29, 1.82) is 0 Å². The zero-order valence-electron chi connectivity index (χ0n) is 12.3. The van der Waals surface area contributed by atoms with Gasteiger partial charge in [0.15, 0.2) is 0 Å². The van der Waals surface area contributed by atoms with Gasteiger partial charge < -0.3 is 20.1 Å². The molecule has 118 valence electrons. The molecule has 0 radical (unpaired) electrons. The van der Waals surface area contributed by atoms with Gasteiger partial charge >= 0.3 is 18.0 Å². The van der Waals surface area contributed by atoms with Gasteiger partial charge in [0.1, 0.15) is 0 Å². The highest BCUT2D eigenvalue weighted by molar-refractivity contribution is 5.80. The normalized spacial score (nSPS) is 23.9. The first-order chi connectivity index (χ1) is 9.98. The van der Waals surface area contributed by atoms with Gasteiger partial charge in [-0.25, -0.2) is 4.79 Å². The number of hydrogen-bond acceptors (Lipinski definition) is 4. The molecule has 2 rings (SSSR count). The van der Waals surface area contributed by atoms with Gasteiger partial charge in [-0.15, -0.1) is 0 Å². The molecule has 7 heteroatoms. The van der Waals surface area contributed by atoms with Crippen molar-refractivity contribution in [1.82, 2.24) is 10.2 Å². The average molecular weight is 298 g/mol. The first-order valence-corrected chi connectivity index (χ1v) is 7.32. The van der Waals surface area contributed by atoms with E-state index in [9.17, 15) is 19.5 Å². The number of methoxy groups -OCH3 is 1. The van der Waals surface area contributed by atoms with Gasteiger partial charge in [0.05, 0.1) is 18.4 Å². The fraction of sp³-hybridized carbons (Fsp3) is 0.786. The van der Waals surface area contributed by atoms with Crippen LogP contribution in [-0.2, 0) is 14.3 Å². The van der Waals surface area contributed by atoms with Crippen LogP contribution in [0, 0.1) is 11.3 Å². The second-order valence-electron chi connectivity index (χ2n) is 5.91. The predicted molar refractivity (Wildman–Crippen MR) is 73.6 cm³/mol. The molecule has 7 nitrogen and oxygen atoms in total. The Balaban J connectivity index is 1.85. The van der Waals surface area contributed by atoms with E-state index in [4.69, 9.17) is 4.74 Å². The monoisotopic (exact) mass is 298 g/mol. The molecule has 1 saturated carbocycles. The first kappa shape index (κ1) is 15.6. The maximum absolute atomic E-state index is 12.1. The van der Waals surface area contributed by atoms with E-state index in [2.05, 4.69) is 5.32 Å². The van der Waals surface area contributed by atoms with Crippen LogP contribution >= 0.6 is 0 Å². The van der Waals surface area contributed by atoms with Crippen LogP contribution in [0.1, 0.15) is 32.1 Å². The zero-order valence-corrected chi connectivity index (χ0v) is 12.3. The van der Waals surface area contributed by atoms with Crippen LogP contribution in [0.15, 0.2) is 0 Å². The fourth-order valence-electron chi connectivity index (χ4n) is 2.95. The predicted octanol–water partition coefficient (Wildman–Crippen LogP) is 0.836. The van der Waals surface area contributed by atoms with Crippen molar-refractivity contribution in [2.75, 3.05) is 26.7 Å². The fourth-order valence-corrected chi connectivity index (χ4v) is 2.95. The van der Waals surface area contributed by atoms with Gasteiger partial charge in [-0.1, -0.05) is 6.42 Å². The molecule has 2 N–H and O–H groups in total. The lowest BCUT2D eigenvalue weighted by atomic mass is 9.69. The summed E-state index contributed by atoms with van der Waals surface area (Å²) in [4.78, 5) is 36.5. The molecule has 2 aliphatic rings. The molecule has 1 heterocycles. The lowest BCUT2D eigenvalue weighted by Gasteiger charge is -2.38. The minimum atomic E-state index is -0.847. The van der Waals surface area contributed by atoms with Gasteiger partial charge in [0.2, 0.25) is 0 Å². The van der Waals surface area contributed by atoms with E-state index in [1.54, 1.807) is 4.90 Å². The summed E-state index contributed by atoms with van der Waals surface area (Å²) in [7, 11) is 1.34. The number of esters is 1. The lowest BCUT2D eigenvalue weighted by molar-refractivity contribution is -0.153. The number of likely N-dealkylation sites (tertiary alicyclic amines) is 1. The SMILES string of the molecule is COC(=O)C1CCCN(C(=O)NCC2(C(=O)O)CCC2)C1. The van der Waals surface area contributed by atoms with Crippen molar-refractivity contribution in [2.24, 2.45) is 11.3 Å². The van der Waals surface area contributed by atoms with Crippen molar-refractivity contribution in [2.45, 2.75) is 32.1 Å². The second-order valence-corrected chi connectivity index (χ2v) is 5.91. The number of carboxylic acids is 1. The van der Waals surface area contributed by atoms with Crippen LogP contribution in [0.3, 0.4) is 0 Å². The highest BCUT2D eigenvalue weighted by Crippen LogP contribution is 2.40. The van der Waals surface area contributed by atoms with Crippen LogP contribution in [-0.4, -0.2) is 54.7 Å². The Morgan fingerprint density at radius 2 is 2.05 bits per heavy atom. The Labute approximate surface area is 123 Å². The van der Waals surface area contributed by atoms with Gasteiger partial charge in [0.25, 0.3) is 0 Å². The first-order valence-electron chi connectivity index (χ1n) is 7.32. The van der Waals surface area contributed by atoms with E-state index in [-0.39, 0.29) is 24.5 Å². The molecular weight excluding hydrogens is 276 g/mol. The highest BCUT2D eigenvalue weighted by atomic mass is 16.5. The average Bonchev–Trinajstić information content (AvgIpc) is 2.44. The Hall–Kier alpha value is -1.79. The number of nitrogens with zero attached hydrogens (tertiary/aromatic N) is 1. The summed E-state index contributed by atoms with van der Waals surface area (Å²) in [5, 5.41) is 11.9. The molecule has 0 bridgehead atoms. The zero-order chi connectivity index (χ0) is 15.5. The Bertz CT molecular complexity index is 433. The molecule has 0 aromatic rings. The molecule has 1 aliphatic carbocycles. The van der Waals surface area contributed by atoms with Gasteiger partial charge in [-0.3, -0.25) is 9.59 Å². The quantitative estimate of drug-likeness (QED) is 0.750. The number of piperidine rings is 1. The van der Waals surface area contributed by atoms with Crippen molar-refractivity contribution in [3.63, 3.8) is 0 Å². The van der Waals surface area contributed by atoms with Crippen molar-refractivity contribution in [3.8, 4) is 0 Å². The van der Waals surface area contributed by atoms with Crippen molar-refractivity contribution in [3.05, 3.63) is 0 Å². The number of urea groups is 1. The van der Waals surface area contributed by atoms with E-state index in [1.165, 1.54) is 7.11 Å². The lowest BCUT2D eigenvalue weighted by Crippen LogP contribution is -2.52. The minimum Gasteiger partial charge on any atom is -0.481 e. The molecule has 0 aromatic carbocycles. The summed E-state index contributed by atoms with van der Waals surface area (Å²) in [6.07, 6.45) is 3.56. The Morgan fingerprint density at radius 3 is 2.57 bits per heavy atom. The standard InChI is InChI=1S/C14H22N2O5/c1-21-11(17)10-4-2-7-16(8-10)13(20)15-9-14(12(18)19)5-3-6-14/h10H,2-9H2,1H3,(H,15,20)(H,18,19). The molecule has 1 saturated heterocycles. The number of carbonyl (C=O) groups is 3. The van der Waals surface area contributed by atoms with E-state index >= 15 is 0 Å². The number of carbonyl (C=O) groups excluding carboxylic acids is 2. The second kappa shape index (κ2) is 6.32. The molecular formula is C14H22N2O5. The number of amides is 2. The van der Waals surface area contributed by atoms with Crippen LogP contribution in [0.5, 0.6) is 0 Å². The summed E-state index contributed by atoms with van der Waals surface area (Å²) in [6.45, 7) is 1.07. The highest BCUT2D eigenvalue weighted by Gasteiger charge is 2.44. The van der Waals surface area contributed by atoms with Crippen LogP contribution in [0.4, 0.5) is 4.79 Å². The smallest absolute Gasteiger partial charge is 0.317 e. The van der Waals surface area contributed by atoms with Crippen molar-refractivity contribution < 1.29 is 24.2 Å². The number of carboxylic acid groups (broad SMARTS) is 1. The molecule has 1 aliphatic heterocycles. The largest absolute Gasteiger partial charge is 0.481 e. The van der Waals surface area contributed by atoms with Gasteiger partial charge in [-0.05, 0) is 25.7 Å². The van der Waals surface area contributed by atoms with Gasteiger partial charge in [0, 0.05) is 19.6 Å². The number of aliphatic carboxylic acids is 1. The third-order valence-electron chi connectivity index (χ3n) is 4.59. The third kappa shape index (κ3) is 3.28. The van der Waals surface area contributed by atoms with Crippen molar-refractivity contribution >= 4 is 18.0 Å². The van der Waals surface area contributed by atoms with E-state index in [0.29, 0.717) is 25.9 Å². The molecule has 0 aromatic heterocycles. The number of rotatable bonds is 4. The number of hydrogen-bond donors (Lipinski definition) is 2. The van der Waals surface area contributed by atoms with Crippen LogP contribution in [0.2, 0.25) is 0 Å². The molecule has 0 spiro atoms. The summed E-state index contributed by atoms with van der Waals surface area (Å²) >= 11 is 0. The van der Waals surface area contributed by atoms with E-state index < -0.39 is 11.4 Å².